The number of rotatable bonds is 2. The number of nitrogens with zero attached hydrogens (tertiary/aromatic N) is 1. The van der Waals surface area contributed by atoms with Crippen molar-refractivity contribution in [2.45, 2.75) is 52.1 Å². The zero-order valence-corrected chi connectivity index (χ0v) is 11.2. The van der Waals surface area contributed by atoms with Crippen LogP contribution in [0.25, 0.3) is 0 Å². The number of aromatic nitrogens is 1. The second-order valence-corrected chi connectivity index (χ2v) is 6.99. The van der Waals surface area contributed by atoms with E-state index < -0.39 is 5.60 Å². The highest BCUT2D eigenvalue weighted by Crippen LogP contribution is 2.45. The van der Waals surface area contributed by atoms with Crippen molar-refractivity contribution < 1.29 is 5.11 Å². The van der Waals surface area contributed by atoms with Crippen molar-refractivity contribution in [3.63, 3.8) is 0 Å². The van der Waals surface area contributed by atoms with Crippen LogP contribution in [-0.2, 0) is 6.42 Å². The van der Waals surface area contributed by atoms with E-state index in [1.54, 1.807) is 11.3 Å². The van der Waals surface area contributed by atoms with Crippen LogP contribution >= 0.6 is 11.3 Å². The molecule has 0 aromatic carbocycles. The molecular formula is C13H21NOS. The topological polar surface area (TPSA) is 33.1 Å². The maximum Gasteiger partial charge on any atom is 0.0794 e. The molecule has 1 aromatic rings. The molecule has 0 radical (unpaired) electrons. The largest absolute Gasteiger partial charge is 0.389 e. The standard InChI is InChI=1S/C13H21NOS/c1-10-6-12(2,3)4-5-13(10,15)7-11-8-14-9-16-11/h8-10,15H,4-7H2,1-3H3. The molecule has 2 rings (SSSR count). The number of hydrogen-bond donors (Lipinski definition) is 1. The van der Waals surface area contributed by atoms with E-state index in [1.165, 1.54) is 4.88 Å². The summed E-state index contributed by atoms with van der Waals surface area (Å²) in [5.41, 5.74) is 1.72. The van der Waals surface area contributed by atoms with E-state index in [2.05, 4.69) is 25.8 Å². The van der Waals surface area contributed by atoms with Crippen molar-refractivity contribution in [3.05, 3.63) is 16.6 Å². The molecule has 2 atom stereocenters. The summed E-state index contributed by atoms with van der Waals surface area (Å²) < 4.78 is 0. The zero-order chi connectivity index (χ0) is 11.8. The van der Waals surface area contributed by atoms with Gasteiger partial charge < -0.3 is 5.11 Å². The Balaban J connectivity index is 2.08. The van der Waals surface area contributed by atoms with Gasteiger partial charge in [0.05, 0.1) is 11.1 Å². The molecule has 0 amide bonds. The molecule has 3 heteroatoms. The third kappa shape index (κ3) is 2.46. The molecule has 90 valence electrons. The maximum absolute atomic E-state index is 10.7. The Kier molecular flexibility index (Phi) is 3.10. The van der Waals surface area contributed by atoms with E-state index >= 15 is 0 Å². The Morgan fingerprint density at radius 2 is 2.25 bits per heavy atom. The zero-order valence-electron chi connectivity index (χ0n) is 10.4. The summed E-state index contributed by atoms with van der Waals surface area (Å²) in [4.78, 5) is 5.28. The Morgan fingerprint density at radius 1 is 1.50 bits per heavy atom. The molecule has 0 spiro atoms. The first-order chi connectivity index (χ1) is 7.41. The van der Waals surface area contributed by atoms with Crippen molar-refractivity contribution in [2.75, 3.05) is 0 Å². The van der Waals surface area contributed by atoms with Gasteiger partial charge in [-0.3, -0.25) is 4.98 Å². The van der Waals surface area contributed by atoms with E-state index in [9.17, 15) is 5.11 Å². The summed E-state index contributed by atoms with van der Waals surface area (Å²) in [6.07, 6.45) is 5.80. The van der Waals surface area contributed by atoms with Crippen molar-refractivity contribution in [1.29, 1.82) is 0 Å². The minimum absolute atomic E-state index is 0.373. The molecule has 1 aliphatic rings. The van der Waals surface area contributed by atoms with Crippen LogP contribution in [0.15, 0.2) is 11.7 Å². The SMILES string of the molecule is CC1CC(C)(C)CCC1(O)Cc1cncs1. The molecule has 2 nitrogen and oxygen atoms in total. The van der Waals surface area contributed by atoms with Crippen molar-refractivity contribution >= 4 is 11.3 Å². The van der Waals surface area contributed by atoms with Crippen molar-refractivity contribution in [1.82, 2.24) is 4.98 Å². The molecule has 1 aliphatic carbocycles. The predicted molar refractivity (Wildman–Crippen MR) is 67.6 cm³/mol. The molecule has 0 saturated heterocycles. The van der Waals surface area contributed by atoms with Gasteiger partial charge in [0.2, 0.25) is 0 Å². The van der Waals surface area contributed by atoms with Crippen LogP contribution in [-0.4, -0.2) is 15.7 Å². The van der Waals surface area contributed by atoms with Gasteiger partial charge >= 0.3 is 0 Å². The molecule has 1 N–H and O–H groups in total. The molecule has 0 bridgehead atoms. The first-order valence-corrected chi connectivity index (χ1v) is 6.89. The van der Waals surface area contributed by atoms with E-state index in [0.29, 0.717) is 11.3 Å². The fourth-order valence-electron chi connectivity index (χ4n) is 2.82. The molecule has 0 aliphatic heterocycles. The molecule has 2 unspecified atom stereocenters. The minimum Gasteiger partial charge on any atom is -0.389 e. The van der Waals surface area contributed by atoms with Gasteiger partial charge in [0.15, 0.2) is 0 Å². The molecule has 1 heterocycles. The van der Waals surface area contributed by atoms with Crippen LogP contribution in [0.2, 0.25) is 0 Å². The van der Waals surface area contributed by atoms with E-state index in [-0.39, 0.29) is 0 Å². The maximum atomic E-state index is 10.7. The highest BCUT2D eigenvalue weighted by atomic mass is 32.1. The van der Waals surface area contributed by atoms with Gasteiger partial charge in [0.25, 0.3) is 0 Å². The van der Waals surface area contributed by atoms with Crippen molar-refractivity contribution in [3.8, 4) is 0 Å². The van der Waals surface area contributed by atoms with E-state index in [0.717, 1.165) is 25.7 Å². The summed E-state index contributed by atoms with van der Waals surface area (Å²) in [6, 6.07) is 0. The van der Waals surface area contributed by atoms with Gasteiger partial charge in [-0.05, 0) is 30.6 Å². The summed E-state index contributed by atoms with van der Waals surface area (Å²) in [5.74, 6) is 0.373. The van der Waals surface area contributed by atoms with Gasteiger partial charge in [-0.25, -0.2) is 0 Å². The lowest BCUT2D eigenvalue weighted by Crippen LogP contribution is -2.45. The number of hydrogen-bond acceptors (Lipinski definition) is 3. The van der Waals surface area contributed by atoms with Gasteiger partial charge in [0.1, 0.15) is 0 Å². The third-order valence-corrected chi connectivity index (χ3v) is 4.75. The van der Waals surface area contributed by atoms with Crippen LogP contribution in [0.3, 0.4) is 0 Å². The number of thiazole rings is 1. The molecule has 16 heavy (non-hydrogen) atoms. The number of aliphatic hydroxyl groups is 1. The normalized spacial score (nSPS) is 33.9. The lowest BCUT2D eigenvalue weighted by molar-refractivity contribution is -0.0699. The quantitative estimate of drug-likeness (QED) is 0.859. The lowest BCUT2D eigenvalue weighted by Gasteiger charge is -2.45. The van der Waals surface area contributed by atoms with Gasteiger partial charge in [0, 0.05) is 17.5 Å². The van der Waals surface area contributed by atoms with Gasteiger partial charge in [-0.2, -0.15) is 0 Å². The fraction of sp³-hybridized carbons (Fsp3) is 0.769. The second kappa shape index (κ2) is 4.11. The average molecular weight is 239 g/mol. The summed E-state index contributed by atoms with van der Waals surface area (Å²) in [6.45, 7) is 6.79. The molecule has 1 saturated carbocycles. The minimum atomic E-state index is -0.512. The highest BCUT2D eigenvalue weighted by Gasteiger charge is 2.42. The van der Waals surface area contributed by atoms with E-state index in [1.807, 2.05) is 11.7 Å². The highest BCUT2D eigenvalue weighted by molar-refractivity contribution is 7.09. The molecular weight excluding hydrogens is 218 g/mol. The lowest BCUT2D eigenvalue weighted by atomic mass is 9.64. The second-order valence-electron chi connectivity index (χ2n) is 6.02. The Hall–Kier alpha value is -0.410. The summed E-state index contributed by atoms with van der Waals surface area (Å²) in [7, 11) is 0. The molecule has 1 aromatic heterocycles. The van der Waals surface area contributed by atoms with Crippen LogP contribution < -0.4 is 0 Å². The molecule has 1 fully saturated rings. The van der Waals surface area contributed by atoms with Crippen LogP contribution in [0, 0.1) is 11.3 Å². The van der Waals surface area contributed by atoms with Crippen LogP contribution in [0.1, 0.15) is 44.9 Å². The smallest absolute Gasteiger partial charge is 0.0794 e. The summed E-state index contributed by atoms with van der Waals surface area (Å²) >= 11 is 1.65. The van der Waals surface area contributed by atoms with Gasteiger partial charge in [-0.15, -0.1) is 11.3 Å². The third-order valence-electron chi connectivity index (χ3n) is 3.97. The first-order valence-electron chi connectivity index (χ1n) is 6.01. The Bertz CT molecular complexity index is 347. The Morgan fingerprint density at radius 3 is 2.81 bits per heavy atom. The van der Waals surface area contributed by atoms with Crippen molar-refractivity contribution in [2.24, 2.45) is 11.3 Å². The van der Waals surface area contributed by atoms with Crippen LogP contribution in [0.5, 0.6) is 0 Å². The fourth-order valence-corrected chi connectivity index (χ4v) is 3.53. The van der Waals surface area contributed by atoms with E-state index in [4.69, 9.17) is 0 Å². The Labute approximate surface area is 102 Å². The first kappa shape index (κ1) is 12.1. The summed E-state index contributed by atoms with van der Waals surface area (Å²) in [5, 5.41) is 10.7. The van der Waals surface area contributed by atoms with Gasteiger partial charge in [-0.1, -0.05) is 20.8 Å². The van der Waals surface area contributed by atoms with Crippen LogP contribution in [0.4, 0.5) is 0 Å². The predicted octanol–water partition coefficient (Wildman–Crippen LogP) is 3.26. The average Bonchev–Trinajstić information content (AvgIpc) is 2.65. The monoisotopic (exact) mass is 239 g/mol.